The number of methoxy groups -OCH3 is 1. The number of nitrogens with two attached hydrogens (primary N) is 1. The number of hydrogen-bond acceptors (Lipinski definition) is 4. The molecule has 0 bridgehead atoms. The molecular weight excluding hydrogens is 368 g/mol. The average Bonchev–Trinajstić information content (AvgIpc) is 2.54. The van der Waals surface area contributed by atoms with E-state index in [2.05, 4.69) is 4.90 Å². The number of carbonyl (C=O) groups excluding carboxylic acids is 1. The lowest BCUT2D eigenvalue weighted by atomic mass is 10.0. The molecule has 144 valence electrons. The second-order valence-electron chi connectivity index (χ2n) is 6.33. The SMILES string of the molecule is COc1ccc(F)cc1CN1CCN(C(=O)[C@@H](N)C(C)C)CC1.Cl.Cl. The normalized spacial score (nSPS) is 16.0. The lowest BCUT2D eigenvalue weighted by molar-refractivity contribution is -0.135. The molecule has 1 fully saturated rings. The Bertz CT molecular complexity index is 553. The molecule has 2 rings (SSSR count). The summed E-state index contributed by atoms with van der Waals surface area (Å²) in [6.45, 7) is 7.31. The van der Waals surface area contributed by atoms with Crippen molar-refractivity contribution in [1.29, 1.82) is 0 Å². The van der Waals surface area contributed by atoms with Crippen LogP contribution < -0.4 is 10.5 Å². The van der Waals surface area contributed by atoms with E-state index < -0.39 is 6.04 Å². The maximum absolute atomic E-state index is 13.4. The number of hydrogen-bond donors (Lipinski definition) is 1. The van der Waals surface area contributed by atoms with Crippen LogP contribution in [-0.4, -0.2) is 55.0 Å². The van der Waals surface area contributed by atoms with Gasteiger partial charge in [0, 0.05) is 38.3 Å². The Morgan fingerprint density at radius 1 is 1.24 bits per heavy atom. The van der Waals surface area contributed by atoms with Crippen LogP contribution in [0.25, 0.3) is 0 Å². The maximum atomic E-state index is 13.4. The van der Waals surface area contributed by atoms with Gasteiger partial charge in [0.05, 0.1) is 13.2 Å². The Labute approximate surface area is 161 Å². The number of carbonyl (C=O) groups is 1. The van der Waals surface area contributed by atoms with Crippen LogP contribution in [0.4, 0.5) is 4.39 Å². The van der Waals surface area contributed by atoms with Gasteiger partial charge in [-0.15, -0.1) is 24.8 Å². The van der Waals surface area contributed by atoms with E-state index in [0.717, 1.165) is 18.7 Å². The van der Waals surface area contributed by atoms with E-state index >= 15 is 0 Å². The van der Waals surface area contributed by atoms with E-state index in [4.69, 9.17) is 10.5 Å². The highest BCUT2D eigenvalue weighted by Crippen LogP contribution is 2.21. The van der Waals surface area contributed by atoms with Crippen molar-refractivity contribution in [2.75, 3.05) is 33.3 Å². The average molecular weight is 396 g/mol. The van der Waals surface area contributed by atoms with Gasteiger partial charge in [0.1, 0.15) is 11.6 Å². The monoisotopic (exact) mass is 395 g/mol. The molecule has 0 saturated carbocycles. The summed E-state index contributed by atoms with van der Waals surface area (Å²) in [7, 11) is 1.58. The van der Waals surface area contributed by atoms with Gasteiger partial charge >= 0.3 is 0 Å². The van der Waals surface area contributed by atoms with Gasteiger partial charge in [-0.25, -0.2) is 4.39 Å². The van der Waals surface area contributed by atoms with Crippen molar-refractivity contribution in [2.24, 2.45) is 11.7 Å². The number of benzene rings is 1. The van der Waals surface area contributed by atoms with Crippen LogP contribution in [0.2, 0.25) is 0 Å². The first kappa shape index (κ1) is 23.9. The largest absolute Gasteiger partial charge is 0.496 e. The number of piperazine rings is 1. The second kappa shape index (κ2) is 10.8. The van der Waals surface area contributed by atoms with Crippen LogP contribution in [0.3, 0.4) is 0 Å². The first-order valence-electron chi connectivity index (χ1n) is 8.01. The van der Waals surface area contributed by atoms with Crippen LogP contribution in [-0.2, 0) is 11.3 Å². The summed E-state index contributed by atoms with van der Waals surface area (Å²) in [5.41, 5.74) is 6.77. The summed E-state index contributed by atoms with van der Waals surface area (Å²) in [4.78, 5) is 16.3. The highest BCUT2D eigenvalue weighted by Gasteiger charge is 2.27. The number of halogens is 3. The minimum Gasteiger partial charge on any atom is -0.496 e. The summed E-state index contributed by atoms with van der Waals surface area (Å²) in [5, 5.41) is 0. The second-order valence-corrected chi connectivity index (χ2v) is 6.33. The van der Waals surface area contributed by atoms with E-state index in [1.165, 1.54) is 12.1 Å². The summed E-state index contributed by atoms with van der Waals surface area (Å²) < 4.78 is 18.7. The van der Waals surface area contributed by atoms with Crippen LogP contribution in [0, 0.1) is 11.7 Å². The third-order valence-electron chi connectivity index (χ3n) is 4.32. The van der Waals surface area contributed by atoms with Gasteiger partial charge in [0.15, 0.2) is 0 Å². The first-order chi connectivity index (χ1) is 10.9. The van der Waals surface area contributed by atoms with Crippen LogP contribution >= 0.6 is 24.8 Å². The minimum atomic E-state index is -0.440. The van der Waals surface area contributed by atoms with Crippen molar-refractivity contribution in [2.45, 2.75) is 26.4 Å². The van der Waals surface area contributed by atoms with E-state index in [9.17, 15) is 9.18 Å². The minimum absolute atomic E-state index is 0. The predicted octanol–water partition coefficient (Wildman–Crippen LogP) is 2.31. The lowest BCUT2D eigenvalue weighted by Crippen LogP contribution is -2.54. The molecule has 1 heterocycles. The zero-order valence-corrected chi connectivity index (χ0v) is 16.5. The van der Waals surface area contributed by atoms with E-state index in [0.29, 0.717) is 25.4 Å². The fourth-order valence-corrected chi connectivity index (χ4v) is 2.73. The maximum Gasteiger partial charge on any atom is 0.239 e. The van der Waals surface area contributed by atoms with Crippen molar-refractivity contribution in [3.8, 4) is 5.75 Å². The Morgan fingerprint density at radius 3 is 2.36 bits per heavy atom. The zero-order chi connectivity index (χ0) is 17.0. The van der Waals surface area contributed by atoms with Gasteiger partial charge in [-0.3, -0.25) is 9.69 Å². The molecule has 1 aliphatic rings. The molecule has 1 aromatic rings. The molecule has 1 saturated heterocycles. The highest BCUT2D eigenvalue weighted by molar-refractivity contribution is 5.85. The molecule has 5 nitrogen and oxygen atoms in total. The number of ether oxygens (including phenoxy) is 1. The summed E-state index contributed by atoms with van der Waals surface area (Å²) in [6.07, 6.45) is 0. The molecule has 0 spiro atoms. The molecule has 0 unspecified atom stereocenters. The van der Waals surface area contributed by atoms with Gasteiger partial charge in [0.2, 0.25) is 5.91 Å². The number of nitrogens with zero attached hydrogens (tertiary/aromatic N) is 2. The van der Waals surface area contributed by atoms with Gasteiger partial charge in [-0.1, -0.05) is 13.8 Å². The Hall–Kier alpha value is -1.08. The molecular formula is C17H28Cl2FN3O2. The van der Waals surface area contributed by atoms with Crippen molar-refractivity contribution in [1.82, 2.24) is 9.80 Å². The van der Waals surface area contributed by atoms with E-state index in [-0.39, 0.29) is 42.5 Å². The molecule has 1 atom stereocenters. The summed E-state index contributed by atoms with van der Waals surface area (Å²) in [5.74, 6) is 0.573. The Morgan fingerprint density at radius 2 is 1.84 bits per heavy atom. The van der Waals surface area contributed by atoms with Crippen molar-refractivity contribution in [3.05, 3.63) is 29.6 Å². The van der Waals surface area contributed by atoms with Crippen LogP contribution in [0.1, 0.15) is 19.4 Å². The first-order valence-corrected chi connectivity index (χ1v) is 8.01. The van der Waals surface area contributed by atoms with Crippen molar-refractivity contribution < 1.29 is 13.9 Å². The molecule has 1 aliphatic heterocycles. The third kappa shape index (κ3) is 6.29. The fourth-order valence-electron chi connectivity index (χ4n) is 2.73. The standard InChI is InChI=1S/C17H26FN3O2.2ClH/c1-12(2)16(19)17(22)21-8-6-20(7-9-21)11-13-10-14(18)4-5-15(13)23-3;;/h4-5,10,12,16H,6-9,11,19H2,1-3H3;2*1H/t16-;;/m0../s1. The van der Waals surface area contributed by atoms with Crippen molar-refractivity contribution >= 4 is 30.7 Å². The quantitative estimate of drug-likeness (QED) is 0.830. The topological polar surface area (TPSA) is 58.8 Å². The molecule has 1 aromatic carbocycles. The molecule has 0 radical (unpaired) electrons. The van der Waals surface area contributed by atoms with Crippen LogP contribution in [0.15, 0.2) is 18.2 Å². The molecule has 0 aliphatic carbocycles. The molecule has 8 heteroatoms. The fraction of sp³-hybridized carbons (Fsp3) is 0.588. The highest BCUT2D eigenvalue weighted by atomic mass is 35.5. The molecule has 2 N–H and O–H groups in total. The van der Waals surface area contributed by atoms with Gasteiger partial charge in [-0.2, -0.15) is 0 Å². The van der Waals surface area contributed by atoms with Crippen molar-refractivity contribution in [3.63, 3.8) is 0 Å². The Balaban J connectivity index is 0.00000288. The molecule has 0 aromatic heterocycles. The summed E-state index contributed by atoms with van der Waals surface area (Å²) >= 11 is 0. The van der Waals surface area contributed by atoms with Gasteiger partial charge < -0.3 is 15.4 Å². The summed E-state index contributed by atoms with van der Waals surface area (Å²) in [6, 6.07) is 4.11. The van der Waals surface area contributed by atoms with E-state index in [1.54, 1.807) is 13.2 Å². The number of amides is 1. The molecule has 25 heavy (non-hydrogen) atoms. The van der Waals surface area contributed by atoms with E-state index in [1.807, 2.05) is 18.7 Å². The predicted molar refractivity (Wildman–Crippen MR) is 102 cm³/mol. The smallest absolute Gasteiger partial charge is 0.239 e. The van der Waals surface area contributed by atoms with Gasteiger partial charge in [-0.05, 0) is 24.1 Å². The van der Waals surface area contributed by atoms with Gasteiger partial charge in [0.25, 0.3) is 0 Å². The van der Waals surface area contributed by atoms with Crippen LogP contribution in [0.5, 0.6) is 5.75 Å². The number of rotatable bonds is 5. The lowest BCUT2D eigenvalue weighted by Gasteiger charge is -2.36. The zero-order valence-electron chi connectivity index (χ0n) is 14.9. The molecule has 1 amide bonds. The third-order valence-corrected chi connectivity index (χ3v) is 4.32. The Kier molecular flexibility index (Phi) is 10.3.